The van der Waals surface area contributed by atoms with Crippen molar-refractivity contribution in [3.05, 3.63) is 167 Å². The summed E-state index contributed by atoms with van der Waals surface area (Å²) in [5.41, 5.74) is 11.6. The zero-order valence-electron chi connectivity index (χ0n) is 21.1. The van der Waals surface area contributed by atoms with E-state index in [0.29, 0.717) is 0 Å². The molecule has 1 nitrogen and oxygen atoms in total. The molecule has 0 unspecified atom stereocenters. The molecule has 0 atom stereocenters. The van der Waals surface area contributed by atoms with Gasteiger partial charge in [0.2, 0.25) is 0 Å². The van der Waals surface area contributed by atoms with Crippen molar-refractivity contribution in [3.63, 3.8) is 0 Å². The van der Waals surface area contributed by atoms with Crippen molar-refractivity contribution >= 4 is 11.6 Å². The third kappa shape index (κ3) is 3.14. The number of rotatable bonds is 2. The minimum absolute atomic E-state index is 0.474. The third-order valence-corrected chi connectivity index (χ3v) is 8.46. The highest BCUT2D eigenvalue weighted by Gasteiger charge is 2.50. The van der Waals surface area contributed by atoms with Crippen LogP contribution < -0.4 is 4.74 Å². The lowest BCUT2D eigenvalue weighted by Crippen LogP contribution is -2.32. The molecule has 0 fully saturated rings. The molecule has 1 aliphatic heterocycles. The molecular formula is C37H23ClO. The summed E-state index contributed by atoms with van der Waals surface area (Å²) in [4.78, 5) is 0. The largest absolute Gasteiger partial charge is 0.457 e. The summed E-state index contributed by atoms with van der Waals surface area (Å²) < 4.78 is 6.60. The first kappa shape index (κ1) is 22.4. The summed E-state index contributed by atoms with van der Waals surface area (Å²) in [6.45, 7) is 0. The number of halogens is 1. The second-order valence-electron chi connectivity index (χ2n) is 10.2. The quantitative estimate of drug-likeness (QED) is 0.221. The second kappa shape index (κ2) is 8.46. The average Bonchev–Trinajstić information content (AvgIpc) is 3.28. The van der Waals surface area contributed by atoms with E-state index in [2.05, 4.69) is 121 Å². The molecule has 8 rings (SSSR count). The fourth-order valence-electron chi connectivity index (χ4n) is 6.67. The van der Waals surface area contributed by atoms with Gasteiger partial charge < -0.3 is 4.74 Å². The third-order valence-electron chi connectivity index (χ3n) is 8.22. The molecule has 6 aromatic rings. The molecule has 0 amide bonds. The van der Waals surface area contributed by atoms with Crippen LogP contribution >= 0.6 is 11.6 Å². The average molecular weight is 519 g/mol. The highest BCUT2D eigenvalue weighted by Crippen LogP contribution is 2.62. The van der Waals surface area contributed by atoms with Gasteiger partial charge in [-0.25, -0.2) is 0 Å². The molecule has 0 aromatic heterocycles. The molecule has 2 heteroatoms. The summed E-state index contributed by atoms with van der Waals surface area (Å²) in [6.07, 6.45) is 0. The maximum atomic E-state index is 6.60. The molecule has 0 saturated carbocycles. The zero-order valence-corrected chi connectivity index (χ0v) is 21.8. The molecule has 0 N–H and O–H groups in total. The number of para-hydroxylation sites is 1. The van der Waals surface area contributed by atoms with Crippen LogP contribution in [0, 0.1) is 0 Å². The SMILES string of the molecule is Clc1cccc(-c2ccccc2-c2ccc3c(c2)C2(c4ccccc4O3)c3ccccc3-c3ccccc32)c1. The number of fused-ring (bicyclic) bond motifs is 9. The van der Waals surface area contributed by atoms with Crippen LogP contribution in [0.5, 0.6) is 11.5 Å². The molecule has 1 spiro atoms. The Morgan fingerprint density at radius 3 is 1.62 bits per heavy atom. The molecule has 1 aliphatic carbocycles. The van der Waals surface area contributed by atoms with Crippen LogP contribution in [0.15, 0.2) is 140 Å². The van der Waals surface area contributed by atoms with Crippen molar-refractivity contribution in [2.24, 2.45) is 0 Å². The maximum absolute atomic E-state index is 6.60. The first-order valence-corrected chi connectivity index (χ1v) is 13.6. The fourth-order valence-corrected chi connectivity index (χ4v) is 6.86. The van der Waals surface area contributed by atoms with Crippen LogP contribution in [0.1, 0.15) is 22.3 Å². The van der Waals surface area contributed by atoms with Crippen molar-refractivity contribution in [3.8, 4) is 44.9 Å². The maximum Gasteiger partial charge on any atom is 0.132 e. The van der Waals surface area contributed by atoms with Crippen LogP contribution in [0.3, 0.4) is 0 Å². The van der Waals surface area contributed by atoms with Gasteiger partial charge >= 0.3 is 0 Å². The Morgan fingerprint density at radius 1 is 0.410 bits per heavy atom. The van der Waals surface area contributed by atoms with Gasteiger partial charge in [-0.2, -0.15) is 0 Å². The smallest absolute Gasteiger partial charge is 0.132 e. The molecule has 39 heavy (non-hydrogen) atoms. The van der Waals surface area contributed by atoms with Crippen molar-refractivity contribution in [1.82, 2.24) is 0 Å². The molecule has 0 saturated heterocycles. The molecule has 0 bridgehead atoms. The highest BCUT2D eigenvalue weighted by atomic mass is 35.5. The number of hydrogen-bond donors (Lipinski definition) is 0. The van der Waals surface area contributed by atoms with Crippen LogP contribution in [0.2, 0.25) is 5.02 Å². The van der Waals surface area contributed by atoms with E-state index in [1.165, 1.54) is 27.8 Å². The second-order valence-corrected chi connectivity index (χ2v) is 10.6. The van der Waals surface area contributed by atoms with Crippen LogP contribution in [-0.4, -0.2) is 0 Å². The van der Waals surface area contributed by atoms with Gasteiger partial charge in [-0.15, -0.1) is 0 Å². The lowest BCUT2D eigenvalue weighted by Gasteiger charge is -2.39. The topological polar surface area (TPSA) is 9.23 Å². The van der Waals surface area contributed by atoms with Crippen LogP contribution in [0.25, 0.3) is 33.4 Å². The number of ether oxygens (including phenoxy) is 1. The molecule has 184 valence electrons. The Labute approximate surface area is 232 Å². The molecule has 2 aliphatic rings. The first-order valence-electron chi connectivity index (χ1n) is 13.2. The molecule has 1 heterocycles. The van der Waals surface area contributed by atoms with Crippen molar-refractivity contribution in [2.75, 3.05) is 0 Å². The zero-order chi connectivity index (χ0) is 26.0. The van der Waals surface area contributed by atoms with Crippen molar-refractivity contribution in [1.29, 1.82) is 0 Å². The van der Waals surface area contributed by atoms with E-state index >= 15 is 0 Å². The van der Waals surface area contributed by atoms with Gasteiger partial charge in [0.15, 0.2) is 0 Å². The minimum atomic E-state index is -0.474. The van der Waals surface area contributed by atoms with Crippen LogP contribution in [-0.2, 0) is 5.41 Å². The molecular weight excluding hydrogens is 496 g/mol. The van der Waals surface area contributed by atoms with Gasteiger partial charge in [-0.1, -0.05) is 121 Å². The van der Waals surface area contributed by atoms with E-state index in [0.717, 1.165) is 44.3 Å². The molecule has 0 radical (unpaired) electrons. The predicted octanol–water partition coefficient (Wildman–Crippen LogP) is 10.1. The van der Waals surface area contributed by atoms with E-state index in [9.17, 15) is 0 Å². The van der Waals surface area contributed by atoms with Crippen LogP contribution in [0.4, 0.5) is 0 Å². The van der Waals surface area contributed by atoms with Gasteiger partial charge in [-0.05, 0) is 74.8 Å². The van der Waals surface area contributed by atoms with Gasteiger partial charge in [-0.3, -0.25) is 0 Å². The predicted molar refractivity (Wildman–Crippen MR) is 160 cm³/mol. The number of benzene rings is 6. The molecule has 6 aromatic carbocycles. The van der Waals surface area contributed by atoms with Crippen molar-refractivity contribution in [2.45, 2.75) is 5.41 Å². The van der Waals surface area contributed by atoms with Crippen molar-refractivity contribution < 1.29 is 4.74 Å². The Balaban J connectivity index is 1.45. The standard InChI is InChI=1S/C37H23ClO/c38-26-11-9-10-24(22-26)27-12-1-2-13-28(27)25-20-21-36-34(23-25)37(33-18-7-8-19-35(33)39-36)31-16-5-3-14-29(31)30-15-4-6-17-32(30)37/h1-23H. The Morgan fingerprint density at radius 2 is 0.949 bits per heavy atom. The summed E-state index contributed by atoms with van der Waals surface area (Å²) in [5, 5.41) is 0.732. The first-order chi connectivity index (χ1) is 19.2. The van der Waals surface area contributed by atoms with Gasteiger partial charge in [0.05, 0.1) is 5.41 Å². The van der Waals surface area contributed by atoms with E-state index in [1.54, 1.807) is 0 Å². The highest BCUT2D eigenvalue weighted by molar-refractivity contribution is 6.30. The van der Waals surface area contributed by atoms with E-state index in [-0.39, 0.29) is 0 Å². The summed E-state index contributed by atoms with van der Waals surface area (Å²) in [7, 11) is 0. The summed E-state index contributed by atoms with van der Waals surface area (Å²) >= 11 is 6.40. The lowest BCUT2D eigenvalue weighted by atomic mass is 9.65. The Bertz CT molecular complexity index is 1870. The van der Waals surface area contributed by atoms with E-state index in [4.69, 9.17) is 16.3 Å². The van der Waals surface area contributed by atoms with Gasteiger partial charge in [0.25, 0.3) is 0 Å². The fraction of sp³-hybridized carbons (Fsp3) is 0.0270. The lowest BCUT2D eigenvalue weighted by molar-refractivity contribution is 0.436. The number of hydrogen-bond acceptors (Lipinski definition) is 1. The Hall–Kier alpha value is -4.59. The van der Waals surface area contributed by atoms with E-state index < -0.39 is 5.41 Å². The van der Waals surface area contributed by atoms with Gasteiger partial charge in [0, 0.05) is 16.1 Å². The Kier molecular flexibility index (Phi) is 4.86. The van der Waals surface area contributed by atoms with E-state index in [1.807, 2.05) is 18.2 Å². The van der Waals surface area contributed by atoms with Gasteiger partial charge in [0.1, 0.15) is 11.5 Å². The normalized spacial score (nSPS) is 13.7. The monoisotopic (exact) mass is 518 g/mol. The summed E-state index contributed by atoms with van der Waals surface area (Å²) in [5.74, 6) is 1.80. The minimum Gasteiger partial charge on any atom is -0.457 e. The summed E-state index contributed by atoms with van der Waals surface area (Å²) in [6, 6.07) is 49.4.